The monoisotopic (exact) mass is 306 g/mol. The Morgan fingerprint density at radius 3 is 2.95 bits per heavy atom. The van der Waals surface area contributed by atoms with Gasteiger partial charge in [0.15, 0.2) is 0 Å². The van der Waals surface area contributed by atoms with Crippen molar-refractivity contribution in [3.63, 3.8) is 0 Å². The Morgan fingerprint density at radius 2 is 2.30 bits per heavy atom. The summed E-state index contributed by atoms with van der Waals surface area (Å²) < 4.78 is 21.6. The highest BCUT2D eigenvalue weighted by atomic mass is 31.1. The number of rotatable bonds is 4. The third-order valence-corrected chi connectivity index (χ3v) is 3.44. The van der Waals surface area contributed by atoms with Crippen molar-refractivity contribution in [2.75, 3.05) is 6.61 Å². The second kappa shape index (κ2) is 6.02. The van der Waals surface area contributed by atoms with Gasteiger partial charge in [0.05, 0.1) is 12.7 Å². The van der Waals surface area contributed by atoms with Gasteiger partial charge in [-0.1, -0.05) is 0 Å². The van der Waals surface area contributed by atoms with Crippen molar-refractivity contribution < 1.29 is 23.8 Å². The molecule has 0 saturated carbocycles. The number of aliphatic hydroxyl groups is 1. The standard InChI is InChI=1S/C10H15N2O7P/c1-5-3-12(10(15)11-9(5)14)8-2-6(13)7(19-8)4-18-20(16)17/h3,6-8,13,20H,2,4H2,1H3,(H,16,17)(H,11,14,15)/t6-,7+,8+/m0/s1. The van der Waals surface area contributed by atoms with Crippen molar-refractivity contribution in [1.29, 1.82) is 0 Å². The first-order chi connectivity index (χ1) is 9.38. The lowest BCUT2D eigenvalue weighted by molar-refractivity contribution is -0.0413. The second-order valence-electron chi connectivity index (χ2n) is 4.49. The van der Waals surface area contributed by atoms with Crippen LogP contribution < -0.4 is 11.2 Å². The average molecular weight is 306 g/mol. The van der Waals surface area contributed by atoms with Crippen molar-refractivity contribution in [2.24, 2.45) is 0 Å². The number of nitrogens with one attached hydrogen (secondary N) is 1. The molecule has 3 N–H and O–H groups in total. The maximum absolute atomic E-state index is 11.7. The van der Waals surface area contributed by atoms with Gasteiger partial charge in [0.1, 0.15) is 12.3 Å². The predicted molar refractivity (Wildman–Crippen MR) is 67.8 cm³/mol. The van der Waals surface area contributed by atoms with Crippen LogP contribution in [0.4, 0.5) is 0 Å². The van der Waals surface area contributed by atoms with E-state index in [1.807, 2.05) is 0 Å². The predicted octanol–water partition coefficient (Wildman–Crippen LogP) is -1.11. The summed E-state index contributed by atoms with van der Waals surface area (Å²) in [5.41, 5.74) is -0.790. The Labute approximate surface area is 113 Å². The lowest BCUT2D eigenvalue weighted by atomic mass is 10.2. The first-order valence-electron chi connectivity index (χ1n) is 5.90. The first kappa shape index (κ1) is 15.1. The fraction of sp³-hybridized carbons (Fsp3) is 0.600. The number of H-pyrrole nitrogens is 1. The number of aromatic amines is 1. The van der Waals surface area contributed by atoms with Gasteiger partial charge >= 0.3 is 13.9 Å². The van der Waals surface area contributed by atoms with Crippen LogP contribution in [0, 0.1) is 6.92 Å². The average Bonchev–Trinajstić information content (AvgIpc) is 2.72. The molecule has 1 fully saturated rings. The van der Waals surface area contributed by atoms with Crippen LogP contribution in [0.3, 0.4) is 0 Å². The molecule has 1 aliphatic heterocycles. The lowest BCUT2D eigenvalue weighted by Gasteiger charge is -2.15. The quantitative estimate of drug-likeness (QED) is 0.601. The van der Waals surface area contributed by atoms with Crippen molar-refractivity contribution in [1.82, 2.24) is 9.55 Å². The third kappa shape index (κ3) is 3.25. The molecular formula is C10H15N2O7P. The molecule has 0 aliphatic carbocycles. The maximum atomic E-state index is 11.7. The van der Waals surface area contributed by atoms with E-state index in [9.17, 15) is 19.3 Å². The minimum absolute atomic E-state index is 0.117. The zero-order valence-corrected chi connectivity index (χ0v) is 11.6. The largest absolute Gasteiger partial charge is 0.390 e. The highest BCUT2D eigenvalue weighted by Gasteiger charge is 2.35. The summed E-state index contributed by atoms with van der Waals surface area (Å²) in [6, 6.07) is 0. The van der Waals surface area contributed by atoms with Gasteiger partial charge in [-0.3, -0.25) is 18.9 Å². The summed E-state index contributed by atoms with van der Waals surface area (Å²) in [6.45, 7) is 1.29. The molecular weight excluding hydrogens is 291 g/mol. The van der Waals surface area contributed by atoms with Gasteiger partial charge in [-0.2, -0.15) is 0 Å². The van der Waals surface area contributed by atoms with Gasteiger partial charge in [0.2, 0.25) is 0 Å². The van der Waals surface area contributed by atoms with E-state index in [0.29, 0.717) is 5.56 Å². The number of hydrogen-bond acceptors (Lipinski definition) is 6. The minimum atomic E-state index is -3.10. The molecule has 1 saturated heterocycles. The molecule has 1 aromatic heterocycles. The van der Waals surface area contributed by atoms with Gasteiger partial charge in [0, 0.05) is 18.2 Å². The molecule has 10 heteroatoms. The van der Waals surface area contributed by atoms with Gasteiger partial charge in [0.25, 0.3) is 5.56 Å². The van der Waals surface area contributed by atoms with E-state index in [4.69, 9.17) is 9.63 Å². The molecule has 2 rings (SSSR count). The Kier molecular flexibility index (Phi) is 4.56. The topological polar surface area (TPSA) is 131 Å². The molecule has 4 atom stereocenters. The van der Waals surface area contributed by atoms with Crippen LogP contribution in [0.1, 0.15) is 18.2 Å². The van der Waals surface area contributed by atoms with Crippen molar-refractivity contribution in [3.05, 3.63) is 32.6 Å². The molecule has 0 aromatic carbocycles. The van der Waals surface area contributed by atoms with Crippen LogP contribution in [-0.4, -0.2) is 38.4 Å². The summed E-state index contributed by atoms with van der Waals surface area (Å²) in [7, 11) is -3.10. The van der Waals surface area contributed by atoms with E-state index in [1.165, 1.54) is 10.8 Å². The van der Waals surface area contributed by atoms with Crippen LogP contribution in [0.2, 0.25) is 0 Å². The Bertz CT molecular complexity index is 625. The number of nitrogens with zero attached hydrogens (tertiary/aromatic N) is 1. The molecule has 0 amide bonds. The Hall–Kier alpha value is -1.25. The zero-order chi connectivity index (χ0) is 14.9. The fourth-order valence-electron chi connectivity index (χ4n) is 1.99. The van der Waals surface area contributed by atoms with Gasteiger partial charge in [-0.05, 0) is 6.92 Å². The Balaban J connectivity index is 2.16. The van der Waals surface area contributed by atoms with E-state index in [1.54, 1.807) is 6.92 Å². The van der Waals surface area contributed by atoms with Gasteiger partial charge in [-0.25, -0.2) is 4.79 Å². The molecule has 0 radical (unpaired) electrons. The summed E-state index contributed by atoms with van der Waals surface area (Å²) in [5.74, 6) is 0. The third-order valence-electron chi connectivity index (χ3n) is 3.03. The zero-order valence-electron chi connectivity index (χ0n) is 10.6. The van der Waals surface area contributed by atoms with E-state index < -0.39 is 37.9 Å². The molecule has 0 spiro atoms. The lowest BCUT2D eigenvalue weighted by Crippen LogP contribution is -2.33. The summed E-state index contributed by atoms with van der Waals surface area (Å²) >= 11 is 0. The van der Waals surface area contributed by atoms with Gasteiger partial charge in [-0.15, -0.1) is 0 Å². The molecule has 1 aliphatic rings. The molecule has 0 bridgehead atoms. The van der Waals surface area contributed by atoms with Gasteiger partial charge < -0.3 is 19.3 Å². The van der Waals surface area contributed by atoms with Crippen LogP contribution in [-0.2, 0) is 13.8 Å². The van der Waals surface area contributed by atoms with Crippen molar-refractivity contribution >= 4 is 8.25 Å². The molecule has 1 unspecified atom stereocenters. The smallest absolute Gasteiger partial charge is 0.330 e. The van der Waals surface area contributed by atoms with Crippen LogP contribution >= 0.6 is 8.25 Å². The summed E-state index contributed by atoms with van der Waals surface area (Å²) in [5, 5.41) is 9.78. The number of hydrogen-bond donors (Lipinski definition) is 3. The maximum Gasteiger partial charge on any atom is 0.330 e. The summed E-state index contributed by atoms with van der Waals surface area (Å²) in [6.07, 6.45) is -1.04. The second-order valence-corrected chi connectivity index (χ2v) is 5.31. The minimum Gasteiger partial charge on any atom is -0.390 e. The van der Waals surface area contributed by atoms with Crippen LogP contribution in [0.25, 0.3) is 0 Å². The Morgan fingerprint density at radius 1 is 1.60 bits per heavy atom. The highest BCUT2D eigenvalue weighted by Crippen LogP contribution is 2.29. The molecule has 2 heterocycles. The molecule has 1 aromatic rings. The molecule has 112 valence electrons. The fourth-order valence-corrected chi connectivity index (χ4v) is 2.30. The molecule has 20 heavy (non-hydrogen) atoms. The van der Waals surface area contributed by atoms with Crippen LogP contribution in [0.15, 0.2) is 15.8 Å². The number of ether oxygens (including phenoxy) is 1. The van der Waals surface area contributed by atoms with E-state index >= 15 is 0 Å². The number of aliphatic hydroxyl groups excluding tert-OH is 1. The number of aromatic nitrogens is 2. The highest BCUT2D eigenvalue weighted by molar-refractivity contribution is 7.32. The van der Waals surface area contributed by atoms with Crippen LogP contribution in [0.5, 0.6) is 0 Å². The van der Waals surface area contributed by atoms with E-state index in [2.05, 4.69) is 9.51 Å². The summed E-state index contributed by atoms with van der Waals surface area (Å²) in [4.78, 5) is 33.7. The molecule has 9 nitrogen and oxygen atoms in total. The number of aryl methyl sites for hydroxylation is 1. The van der Waals surface area contributed by atoms with E-state index in [0.717, 1.165) is 0 Å². The van der Waals surface area contributed by atoms with Crippen molar-refractivity contribution in [2.45, 2.75) is 31.8 Å². The SMILES string of the molecule is Cc1cn([C@H]2C[C@H](O)[C@@H](CO[PH](=O)O)O2)c(=O)[nH]c1=O. The normalized spacial score (nSPS) is 27.6. The first-order valence-corrected chi connectivity index (χ1v) is 7.16. The van der Waals surface area contributed by atoms with E-state index in [-0.39, 0.29) is 13.0 Å². The van der Waals surface area contributed by atoms with Crippen molar-refractivity contribution in [3.8, 4) is 0 Å².